The second-order valence-electron chi connectivity index (χ2n) is 4.99. The fourth-order valence-corrected chi connectivity index (χ4v) is 2.41. The van der Waals surface area contributed by atoms with E-state index >= 15 is 0 Å². The summed E-state index contributed by atoms with van der Waals surface area (Å²) >= 11 is 0. The third-order valence-electron chi connectivity index (χ3n) is 3.53. The number of non-ortho nitro benzene ring substituents is 1. The van der Waals surface area contributed by atoms with E-state index in [4.69, 9.17) is 5.11 Å². The summed E-state index contributed by atoms with van der Waals surface area (Å²) in [7, 11) is 1.96. The predicted octanol–water partition coefficient (Wildman–Crippen LogP) is 2.74. The highest BCUT2D eigenvalue weighted by Gasteiger charge is 2.15. The topological polar surface area (TPSA) is 79.5 Å². The van der Waals surface area contributed by atoms with Gasteiger partial charge in [-0.25, -0.2) is 0 Å². The van der Waals surface area contributed by atoms with Gasteiger partial charge in [0.2, 0.25) is 0 Å². The molecular formula is C15H19N3O3. The van der Waals surface area contributed by atoms with Crippen molar-refractivity contribution in [3.8, 4) is 0 Å². The number of anilines is 1. The summed E-state index contributed by atoms with van der Waals surface area (Å²) < 4.78 is 0. The monoisotopic (exact) mass is 289 g/mol. The van der Waals surface area contributed by atoms with E-state index in [0.29, 0.717) is 5.39 Å². The lowest BCUT2D eigenvalue weighted by Crippen LogP contribution is -2.19. The Morgan fingerprint density at radius 1 is 1.24 bits per heavy atom. The second-order valence-corrected chi connectivity index (χ2v) is 4.99. The lowest BCUT2D eigenvalue weighted by atomic mass is 10.1. The van der Waals surface area contributed by atoms with Crippen LogP contribution in [0, 0.1) is 10.1 Å². The van der Waals surface area contributed by atoms with Crippen LogP contribution in [-0.2, 0) is 0 Å². The van der Waals surface area contributed by atoms with Crippen LogP contribution >= 0.6 is 0 Å². The Kier molecular flexibility index (Phi) is 5.05. The van der Waals surface area contributed by atoms with Gasteiger partial charge in [-0.15, -0.1) is 0 Å². The lowest BCUT2D eigenvalue weighted by Gasteiger charge is -2.21. The normalized spacial score (nSPS) is 10.8. The molecule has 1 aromatic carbocycles. The minimum Gasteiger partial charge on any atom is -0.396 e. The number of benzene rings is 1. The Labute approximate surface area is 123 Å². The van der Waals surface area contributed by atoms with E-state index in [2.05, 4.69) is 9.88 Å². The predicted molar refractivity (Wildman–Crippen MR) is 82.6 cm³/mol. The van der Waals surface area contributed by atoms with Gasteiger partial charge in [0.15, 0.2) is 0 Å². The number of fused-ring (bicyclic) bond motifs is 1. The van der Waals surface area contributed by atoms with Crippen LogP contribution in [0.15, 0.2) is 30.6 Å². The standard InChI is InChI=1S/C15H19N3O3/c1-17(9-3-2-4-10-19)14-5-6-15(18(20)21)12-7-8-16-11-13(12)14/h5-8,11,19H,2-4,9-10H2,1H3. The number of hydrogen-bond acceptors (Lipinski definition) is 5. The van der Waals surface area contributed by atoms with Gasteiger partial charge in [0.25, 0.3) is 5.69 Å². The SMILES string of the molecule is CN(CCCCCO)c1ccc([N+](=O)[O-])c2ccncc12. The lowest BCUT2D eigenvalue weighted by molar-refractivity contribution is -0.383. The van der Waals surface area contributed by atoms with E-state index < -0.39 is 0 Å². The molecule has 0 saturated heterocycles. The quantitative estimate of drug-likeness (QED) is 0.481. The number of rotatable bonds is 7. The minimum absolute atomic E-state index is 0.102. The number of aliphatic hydroxyl groups is 1. The Morgan fingerprint density at radius 3 is 2.76 bits per heavy atom. The summed E-state index contributed by atoms with van der Waals surface area (Å²) in [6.07, 6.45) is 5.97. The van der Waals surface area contributed by atoms with Gasteiger partial charge in [0.05, 0.1) is 10.3 Å². The first-order chi connectivity index (χ1) is 10.1. The molecule has 21 heavy (non-hydrogen) atoms. The first-order valence-corrected chi connectivity index (χ1v) is 6.98. The fraction of sp³-hybridized carbons (Fsp3) is 0.400. The van der Waals surface area contributed by atoms with Crippen molar-refractivity contribution in [1.29, 1.82) is 0 Å². The number of nitro groups is 1. The van der Waals surface area contributed by atoms with E-state index in [1.165, 1.54) is 0 Å². The Balaban J connectivity index is 2.28. The van der Waals surface area contributed by atoms with Gasteiger partial charge in [-0.05, 0) is 31.4 Å². The second kappa shape index (κ2) is 6.99. The van der Waals surface area contributed by atoms with Crippen molar-refractivity contribution in [1.82, 2.24) is 4.98 Å². The highest BCUT2D eigenvalue weighted by atomic mass is 16.6. The molecule has 1 aromatic heterocycles. The Hall–Kier alpha value is -2.21. The molecule has 0 aliphatic heterocycles. The van der Waals surface area contributed by atoms with Crippen molar-refractivity contribution < 1.29 is 10.0 Å². The number of nitro benzene ring substituents is 1. The van der Waals surface area contributed by atoms with Crippen LogP contribution < -0.4 is 4.90 Å². The number of aromatic nitrogens is 1. The number of pyridine rings is 1. The Bertz CT molecular complexity index is 631. The molecule has 0 aliphatic carbocycles. The molecule has 2 rings (SSSR count). The molecule has 6 heteroatoms. The molecule has 2 aromatic rings. The zero-order valence-corrected chi connectivity index (χ0v) is 12.0. The summed E-state index contributed by atoms with van der Waals surface area (Å²) in [5, 5.41) is 21.3. The third kappa shape index (κ3) is 3.46. The van der Waals surface area contributed by atoms with E-state index in [1.807, 2.05) is 7.05 Å². The van der Waals surface area contributed by atoms with Gasteiger partial charge in [-0.1, -0.05) is 0 Å². The molecule has 112 valence electrons. The highest BCUT2D eigenvalue weighted by Crippen LogP contribution is 2.32. The van der Waals surface area contributed by atoms with Crippen LogP contribution in [0.5, 0.6) is 0 Å². The zero-order valence-electron chi connectivity index (χ0n) is 12.0. The van der Waals surface area contributed by atoms with Gasteiger partial charge in [-0.3, -0.25) is 15.1 Å². The van der Waals surface area contributed by atoms with Gasteiger partial charge < -0.3 is 10.0 Å². The smallest absolute Gasteiger partial charge is 0.277 e. The summed E-state index contributed by atoms with van der Waals surface area (Å²) in [6, 6.07) is 4.99. The van der Waals surface area contributed by atoms with Crippen LogP contribution in [0.4, 0.5) is 11.4 Å². The van der Waals surface area contributed by atoms with Crippen molar-refractivity contribution in [2.75, 3.05) is 25.1 Å². The molecule has 0 bridgehead atoms. The average molecular weight is 289 g/mol. The maximum Gasteiger partial charge on any atom is 0.277 e. The molecular weight excluding hydrogens is 270 g/mol. The summed E-state index contributed by atoms with van der Waals surface area (Å²) in [6.45, 7) is 1.05. The molecule has 0 amide bonds. The van der Waals surface area contributed by atoms with Gasteiger partial charge in [0, 0.05) is 49.7 Å². The Morgan fingerprint density at radius 2 is 2.05 bits per heavy atom. The summed E-state index contributed by atoms with van der Waals surface area (Å²) in [5.41, 5.74) is 1.04. The highest BCUT2D eigenvalue weighted by molar-refractivity contribution is 5.99. The summed E-state index contributed by atoms with van der Waals surface area (Å²) in [5.74, 6) is 0. The van der Waals surface area contributed by atoms with E-state index in [-0.39, 0.29) is 17.2 Å². The largest absolute Gasteiger partial charge is 0.396 e. The fourth-order valence-electron chi connectivity index (χ4n) is 2.41. The van der Waals surface area contributed by atoms with Crippen LogP contribution in [0.25, 0.3) is 10.8 Å². The van der Waals surface area contributed by atoms with Crippen LogP contribution in [0.1, 0.15) is 19.3 Å². The number of nitrogens with zero attached hydrogens (tertiary/aromatic N) is 3. The van der Waals surface area contributed by atoms with Crippen LogP contribution in [0.3, 0.4) is 0 Å². The molecule has 0 radical (unpaired) electrons. The van der Waals surface area contributed by atoms with Crippen molar-refractivity contribution in [2.45, 2.75) is 19.3 Å². The van der Waals surface area contributed by atoms with E-state index in [0.717, 1.165) is 36.9 Å². The molecule has 1 N–H and O–H groups in total. The van der Waals surface area contributed by atoms with Crippen molar-refractivity contribution in [3.05, 3.63) is 40.7 Å². The van der Waals surface area contributed by atoms with Gasteiger partial charge in [-0.2, -0.15) is 0 Å². The van der Waals surface area contributed by atoms with Gasteiger partial charge in [0.1, 0.15) is 0 Å². The first kappa shape index (κ1) is 15.2. The molecule has 6 nitrogen and oxygen atoms in total. The van der Waals surface area contributed by atoms with E-state index in [1.54, 1.807) is 30.6 Å². The molecule has 0 atom stereocenters. The molecule has 0 fully saturated rings. The molecule has 0 spiro atoms. The van der Waals surface area contributed by atoms with Crippen LogP contribution in [0.2, 0.25) is 0 Å². The third-order valence-corrected chi connectivity index (χ3v) is 3.53. The maximum absolute atomic E-state index is 11.1. The molecule has 0 unspecified atom stereocenters. The van der Waals surface area contributed by atoms with E-state index in [9.17, 15) is 10.1 Å². The molecule has 0 aliphatic rings. The zero-order chi connectivity index (χ0) is 15.2. The van der Waals surface area contributed by atoms with Gasteiger partial charge >= 0.3 is 0 Å². The minimum atomic E-state index is -0.368. The van der Waals surface area contributed by atoms with Crippen LogP contribution in [-0.4, -0.2) is 35.2 Å². The number of unbranched alkanes of at least 4 members (excludes halogenated alkanes) is 2. The van der Waals surface area contributed by atoms with Crippen molar-refractivity contribution >= 4 is 22.1 Å². The summed E-state index contributed by atoms with van der Waals surface area (Å²) in [4.78, 5) is 16.9. The number of hydrogen-bond donors (Lipinski definition) is 1. The number of aliphatic hydroxyl groups excluding tert-OH is 1. The maximum atomic E-state index is 11.1. The first-order valence-electron chi connectivity index (χ1n) is 6.98. The molecule has 0 saturated carbocycles. The van der Waals surface area contributed by atoms with Crippen molar-refractivity contribution in [2.24, 2.45) is 0 Å². The molecule has 1 heterocycles. The average Bonchev–Trinajstić information content (AvgIpc) is 2.50. The van der Waals surface area contributed by atoms with Crippen molar-refractivity contribution in [3.63, 3.8) is 0 Å².